The summed E-state index contributed by atoms with van der Waals surface area (Å²) in [6, 6.07) is 0. The Morgan fingerprint density at radius 1 is 0.585 bits per heavy atom. The van der Waals surface area contributed by atoms with Crippen LogP contribution in [0.15, 0.2) is 0 Å². The van der Waals surface area contributed by atoms with Crippen LogP contribution in [0.4, 0.5) is 4.79 Å². The lowest BCUT2D eigenvalue weighted by atomic mass is 10.1. The smallest absolute Gasteiger partial charge is 0.407 e. The molecule has 0 aromatic heterocycles. The molecular weight excluding hydrogens is 665 g/mol. The molecule has 1 atom stereocenters. The van der Waals surface area contributed by atoms with Crippen molar-refractivity contribution in [2.45, 2.75) is 227 Å². The normalized spacial score (nSPS) is 12.4. The van der Waals surface area contributed by atoms with Crippen LogP contribution in [0, 0.1) is 5.92 Å². The largest absolute Gasteiger partial charge is 0.449 e. The number of ether oxygens (including phenoxy) is 4. The van der Waals surface area contributed by atoms with Crippen molar-refractivity contribution in [2.75, 3.05) is 46.1 Å². The van der Waals surface area contributed by atoms with Crippen molar-refractivity contribution in [3.63, 3.8) is 0 Å². The predicted molar refractivity (Wildman–Crippen MR) is 224 cm³/mol. The molecule has 2 amide bonds. The summed E-state index contributed by atoms with van der Waals surface area (Å²) in [7, 11) is 0. The molecule has 1 unspecified atom stereocenters. The summed E-state index contributed by atoms with van der Waals surface area (Å²) < 4.78 is 23.5. The number of amides is 2. The maximum absolute atomic E-state index is 12.6. The van der Waals surface area contributed by atoms with E-state index in [0.717, 1.165) is 25.9 Å². The number of hydrogen-bond acceptors (Lipinski definition) is 6. The molecule has 0 bridgehead atoms. The highest BCUT2D eigenvalue weighted by Crippen LogP contribution is 2.17. The molecule has 2 N–H and O–H groups in total. The van der Waals surface area contributed by atoms with E-state index in [1.807, 2.05) is 13.8 Å². The zero-order chi connectivity index (χ0) is 39.1. The summed E-state index contributed by atoms with van der Waals surface area (Å²) in [5.41, 5.74) is -0.350. The molecule has 0 saturated heterocycles. The minimum absolute atomic E-state index is 0.120. The van der Waals surface area contributed by atoms with E-state index < -0.39 is 6.09 Å². The SMILES string of the molecule is CCCCCCCCCCCCCCOCC(CNC(=O)CCNC(=O)OCCC(C)(C)OCCC(C)C)OCCCCCCCCCCCCCC. The van der Waals surface area contributed by atoms with Crippen molar-refractivity contribution >= 4 is 12.0 Å². The minimum Gasteiger partial charge on any atom is -0.449 e. The standard InChI is InChI=1S/C45H90N2O6/c1-7-9-11-13-15-17-19-21-23-25-27-29-35-50-40-42(51-36-30-28-26-24-22-20-18-16-14-12-10-8-2)39-47-43(48)31-34-46-44(49)52-38-33-45(5,6)53-37-32-41(3)4/h41-42H,7-40H2,1-6H3,(H,46,49)(H,47,48). The molecule has 316 valence electrons. The molecular formula is C45H90N2O6. The van der Waals surface area contributed by atoms with Crippen LogP contribution in [0.3, 0.4) is 0 Å². The Morgan fingerprint density at radius 3 is 1.55 bits per heavy atom. The highest BCUT2D eigenvalue weighted by atomic mass is 16.6. The molecule has 0 fully saturated rings. The van der Waals surface area contributed by atoms with Crippen LogP contribution >= 0.6 is 0 Å². The second-order valence-corrected chi connectivity index (χ2v) is 16.5. The van der Waals surface area contributed by atoms with Gasteiger partial charge >= 0.3 is 6.09 Å². The zero-order valence-electron chi connectivity index (χ0n) is 36.1. The Bertz CT molecular complexity index is 793. The van der Waals surface area contributed by atoms with Gasteiger partial charge in [-0.25, -0.2) is 4.79 Å². The van der Waals surface area contributed by atoms with E-state index in [-0.39, 0.29) is 37.2 Å². The summed E-state index contributed by atoms with van der Waals surface area (Å²) in [4.78, 5) is 24.7. The first-order chi connectivity index (χ1) is 25.7. The maximum atomic E-state index is 12.6. The highest BCUT2D eigenvalue weighted by molar-refractivity contribution is 5.77. The molecule has 0 aliphatic rings. The first kappa shape index (κ1) is 51.6. The molecule has 0 aromatic carbocycles. The van der Waals surface area contributed by atoms with Crippen LogP contribution in [-0.4, -0.2) is 69.8 Å². The first-order valence-electron chi connectivity index (χ1n) is 22.7. The number of nitrogens with one attached hydrogen (secondary N) is 2. The Kier molecular flexibility index (Phi) is 37.9. The quantitative estimate of drug-likeness (QED) is 0.0604. The zero-order valence-corrected chi connectivity index (χ0v) is 36.1. The summed E-state index contributed by atoms with van der Waals surface area (Å²) in [5, 5.41) is 5.68. The number of hydrogen-bond donors (Lipinski definition) is 2. The fourth-order valence-corrected chi connectivity index (χ4v) is 6.30. The molecule has 0 aliphatic carbocycles. The lowest BCUT2D eigenvalue weighted by Gasteiger charge is -2.25. The Labute approximate surface area is 329 Å². The topological polar surface area (TPSA) is 95.1 Å². The van der Waals surface area contributed by atoms with Crippen LogP contribution in [0.5, 0.6) is 0 Å². The van der Waals surface area contributed by atoms with E-state index in [9.17, 15) is 9.59 Å². The molecule has 0 rings (SSSR count). The van der Waals surface area contributed by atoms with Crippen LogP contribution in [-0.2, 0) is 23.7 Å². The van der Waals surface area contributed by atoms with Gasteiger partial charge in [-0.15, -0.1) is 0 Å². The number of rotatable bonds is 41. The van der Waals surface area contributed by atoms with E-state index in [1.54, 1.807) is 0 Å². The molecule has 53 heavy (non-hydrogen) atoms. The average Bonchev–Trinajstić information content (AvgIpc) is 3.11. The van der Waals surface area contributed by atoms with Gasteiger partial charge in [-0.05, 0) is 39.0 Å². The lowest BCUT2D eigenvalue weighted by molar-refractivity contribution is -0.122. The van der Waals surface area contributed by atoms with Gasteiger partial charge in [-0.1, -0.05) is 169 Å². The van der Waals surface area contributed by atoms with Crippen LogP contribution in [0.2, 0.25) is 0 Å². The Balaban J connectivity index is 4.28. The van der Waals surface area contributed by atoms with Crippen molar-refractivity contribution in [3.05, 3.63) is 0 Å². The Hall–Kier alpha value is -1.38. The molecule has 0 spiro atoms. The third kappa shape index (κ3) is 40.1. The maximum Gasteiger partial charge on any atom is 0.407 e. The van der Waals surface area contributed by atoms with Gasteiger partial charge in [0.15, 0.2) is 0 Å². The molecule has 8 nitrogen and oxygen atoms in total. The van der Waals surface area contributed by atoms with E-state index >= 15 is 0 Å². The number of alkyl carbamates (subject to hydrolysis) is 1. The molecule has 0 radical (unpaired) electrons. The van der Waals surface area contributed by atoms with Gasteiger partial charge < -0.3 is 29.6 Å². The van der Waals surface area contributed by atoms with E-state index in [1.165, 1.54) is 141 Å². The van der Waals surface area contributed by atoms with Crippen LogP contribution in [0.25, 0.3) is 0 Å². The molecule has 8 heteroatoms. The summed E-state index contributed by atoms with van der Waals surface area (Å²) in [5.74, 6) is 0.472. The third-order valence-corrected chi connectivity index (χ3v) is 10.1. The number of carbonyl (C=O) groups is 2. The minimum atomic E-state index is -0.509. The fraction of sp³-hybridized carbons (Fsp3) is 0.956. The number of carbonyl (C=O) groups excluding carboxylic acids is 2. The van der Waals surface area contributed by atoms with Crippen molar-refractivity contribution in [3.8, 4) is 0 Å². The fourth-order valence-electron chi connectivity index (χ4n) is 6.30. The molecule has 0 heterocycles. The van der Waals surface area contributed by atoms with E-state index in [4.69, 9.17) is 18.9 Å². The van der Waals surface area contributed by atoms with Crippen molar-refractivity contribution in [1.29, 1.82) is 0 Å². The lowest BCUT2D eigenvalue weighted by Crippen LogP contribution is -2.38. The van der Waals surface area contributed by atoms with Crippen molar-refractivity contribution in [2.24, 2.45) is 5.92 Å². The van der Waals surface area contributed by atoms with Crippen LogP contribution < -0.4 is 10.6 Å². The summed E-state index contributed by atoms with van der Waals surface area (Å²) in [6.45, 7) is 16.4. The van der Waals surface area contributed by atoms with Gasteiger partial charge in [0.2, 0.25) is 5.91 Å². The van der Waals surface area contributed by atoms with Gasteiger partial charge in [0.25, 0.3) is 0 Å². The summed E-state index contributed by atoms with van der Waals surface area (Å²) in [6.07, 6.45) is 32.8. The van der Waals surface area contributed by atoms with Gasteiger partial charge in [-0.3, -0.25) is 4.79 Å². The highest BCUT2D eigenvalue weighted by Gasteiger charge is 2.19. The van der Waals surface area contributed by atoms with E-state index in [0.29, 0.717) is 38.7 Å². The van der Waals surface area contributed by atoms with Gasteiger partial charge in [0.05, 0.1) is 24.9 Å². The Morgan fingerprint density at radius 2 is 1.06 bits per heavy atom. The summed E-state index contributed by atoms with van der Waals surface area (Å²) >= 11 is 0. The molecule has 0 aromatic rings. The van der Waals surface area contributed by atoms with Gasteiger partial charge in [0, 0.05) is 45.8 Å². The second kappa shape index (κ2) is 38.9. The molecule has 0 saturated carbocycles. The van der Waals surface area contributed by atoms with Crippen LogP contribution in [0.1, 0.15) is 215 Å². The van der Waals surface area contributed by atoms with Crippen molar-refractivity contribution in [1.82, 2.24) is 10.6 Å². The van der Waals surface area contributed by atoms with E-state index in [2.05, 4.69) is 38.3 Å². The molecule has 0 aliphatic heterocycles. The van der Waals surface area contributed by atoms with Crippen molar-refractivity contribution < 1.29 is 28.5 Å². The van der Waals surface area contributed by atoms with Gasteiger partial charge in [-0.2, -0.15) is 0 Å². The van der Waals surface area contributed by atoms with Gasteiger partial charge in [0.1, 0.15) is 0 Å². The predicted octanol–water partition coefficient (Wildman–Crippen LogP) is 12.3. The second-order valence-electron chi connectivity index (χ2n) is 16.5. The average molecular weight is 755 g/mol. The monoisotopic (exact) mass is 755 g/mol. The first-order valence-corrected chi connectivity index (χ1v) is 22.7. The number of unbranched alkanes of at least 4 members (excludes halogenated alkanes) is 22. The third-order valence-electron chi connectivity index (χ3n) is 10.1.